The van der Waals surface area contributed by atoms with E-state index in [0.717, 1.165) is 12.1 Å². The molecular formula is C27H27ClF2N4O5. The second kappa shape index (κ2) is 12.4. The minimum atomic E-state index is -0.771. The van der Waals surface area contributed by atoms with Gasteiger partial charge >= 0.3 is 0 Å². The number of nitrogens with two attached hydrogens (primary N) is 1. The lowest BCUT2D eigenvalue weighted by Crippen LogP contribution is -2.36. The largest absolute Gasteiger partial charge is 0.497 e. The van der Waals surface area contributed by atoms with E-state index in [2.05, 4.69) is 4.98 Å². The summed E-state index contributed by atoms with van der Waals surface area (Å²) < 4.78 is 40.6. The fraction of sp³-hybridized carbons (Fsp3) is 0.333. The standard InChI is InChI=1S/C20H21F2N3O4.C7H6ClNO/c1-28-14-7-15(21)19(16(22)8-14)12-6-18(26)24(10-12)17-9-23-11-25(20(17)27)13-2-4-29-5-3-13;8-6-3-1-5(2-4-6)7(9)10/h7-9,11-13H,2-6,10H2,1H3;1-4H,(H2,9,10). The molecular weight excluding hydrogens is 534 g/mol. The maximum Gasteiger partial charge on any atom is 0.277 e. The number of hydrogen-bond donors (Lipinski definition) is 1. The number of carbonyl (C=O) groups is 2. The highest BCUT2D eigenvalue weighted by Crippen LogP contribution is 2.35. The van der Waals surface area contributed by atoms with Crippen molar-refractivity contribution in [3.05, 3.63) is 87.1 Å². The van der Waals surface area contributed by atoms with Crippen molar-refractivity contribution < 1.29 is 27.8 Å². The highest BCUT2D eigenvalue weighted by Gasteiger charge is 2.36. The number of carbonyl (C=O) groups excluding carboxylic acids is 2. The Kier molecular flexibility index (Phi) is 8.93. The van der Waals surface area contributed by atoms with Crippen LogP contribution in [0.15, 0.2) is 53.7 Å². The molecule has 0 saturated carbocycles. The molecule has 9 nitrogen and oxygen atoms in total. The van der Waals surface area contributed by atoms with Gasteiger partial charge in [-0.15, -0.1) is 0 Å². The second-order valence-electron chi connectivity index (χ2n) is 9.12. The van der Waals surface area contributed by atoms with Gasteiger partial charge in [0, 0.05) is 66.4 Å². The molecule has 2 aromatic carbocycles. The van der Waals surface area contributed by atoms with Gasteiger partial charge in [-0.25, -0.2) is 13.8 Å². The Morgan fingerprint density at radius 2 is 1.77 bits per heavy atom. The molecule has 2 saturated heterocycles. The van der Waals surface area contributed by atoms with E-state index in [9.17, 15) is 23.2 Å². The summed E-state index contributed by atoms with van der Waals surface area (Å²) in [5.74, 6) is -2.98. The van der Waals surface area contributed by atoms with Crippen molar-refractivity contribution in [2.45, 2.75) is 31.2 Å². The first-order valence-corrected chi connectivity index (χ1v) is 12.6. The normalized spacial score (nSPS) is 17.5. The van der Waals surface area contributed by atoms with Crippen LogP contribution in [0.5, 0.6) is 5.75 Å². The molecule has 1 atom stereocenters. The van der Waals surface area contributed by atoms with Gasteiger partial charge in [0.1, 0.15) is 23.1 Å². The van der Waals surface area contributed by atoms with Gasteiger partial charge in [-0.2, -0.15) is 0 Å². The van der Waals surface area contributed by atoms with Crippen LogP contribution in [0.1, 0.15) is 47.1 Å². The number of ether oxygens (including phenoxy) is 2. The predicted molar refractivity (Wildman–Crippen MR) is 140 cm³/mol. The molecule has 12 heteroatoms. The van der Waals surface area contributed by atoms with Crippen molar-refractivity contribution in [2.24, 2.45) is 5.73 Å². The topological polar surface area (TPSA) is 117 Å². The number of hydrogen-bond acceptors (Lipinski definition) is 6. The maximum absolute atomic E-state index is 14.5. The van der Waals surface area contributed by atoms with Gasteiger partial charge in [0.15, 0.2) is 0 Å². The highest BCUT2D eigenvalue weighted by atomic mass is 35.5. The van der Waals surface area contributed by atoms with Crippen LogP contribution in [-0.4, -0.2) is 48.2 Å². The molecule has 1 unspecified atom stereocenters. The van der Waals surface area contributed by atoms with Gasteiger partial charge in [-0.05, 0) is 37.1 Å². The average Bonchev–Trinajstić information content (AvgIpc) is 3.30. The number of nitrogens with zero attached hydrogens (tertiary/aromatic N) is 3. The van der Waals surface area contributed by atoms with E-state index in [4.69, 9.17) is 26.8 Å². The summed E-state index contributed by atoms with van der Waals surface area (Å²) in [4.78, 5) is 41.5. The molecule has 2 aliphatic heterocycles. The van der Waals surface area contributed by atoms with Gasteiger partial charge < -0.3 is 20.1 Å². The number of benzene rings is 2. The number of primary amides is 1. The summed E-state index contributed by atoms with van der Waals surface area (Å²) in [5.41, 5.74) is 5.08. The van der Waals surface area contributed by atoms with Crippen LogP contribution in [0.3, 0.4) is 0 Å². The van der Waals surface area contributed by atoms with Gasteiger partial charge in [-0.3, -0.25) is 19.0 Å². The van der Waals surface area contributed by atoms with Crippen LogP contribution in [-0.2, 0) is 9.53 Å². The molecule has 3 heterocycles. The Bertz CT molecular complexity index is 1390. The molecule has 2 fully saturated rings. The molecule has 3 aromatic rings. The molecule has 2 N–H and O–H groups in total. The summed E-state index contributed by atoms with van der Waals surface area (Å²) in [6.07, 6.45) is 4.07. The monoisotopic (exact) mass is 560 g/mol. The molecule has 5 rings (SSSR count). The molecule has 0 aliphatic carbocycles. The van der Waals surface area contributed by atoms with E-state index in [1.807, 2.05) is 0 Å². The molecule has 1 aromatic heterocycles. The first-order valence-electron chi connectivity index (χ1n) is 12.2. The minimum absolute atomic E-state index is 0.00765. The summed E-state index contributed by atoms with van der Waals surface area (Å²) in [5, 5.41) is 0.602. The molecule has 206 valence electrons. The zero-order chi connectivity index (χ0) is 28.1. The molecule has 39 heavy (non-hydrogen) atoms. The van der Waals surface area contributed by atoms with Crippen molar-refractivity contribution in [3.8, 4) is 5.75 Å². The van der Waals surface area contributed by atoms with E-state index in [0.29, 0.717) is 36.6 Å². The van der Waals surface area contributed by atoms with Gasteiger partial charge in [0.2, 0.25) is 11.8 Å². The van der Waals surface area contributed by atoms with Crippen LogP contribution in [0.25, 0.3) is 0 Å². The maximum atomic E-state index is 14.5. The Morgan fingerprint density at radius 1 is 1.13 bits per heavy atom. The summed E-state index contributed by atoms with van der Waals surface area (Å²) >= 11 is 5.56. The third-order valence-corrected chi connectivity index (χ3v) is 6.92. The lowest BCUT2D eigenvalue weighted by atomic mass is 9.97. The van der Waals surface area contributed by atoms with E-state index in [-0.39, 0.29) is 47.5 Å². The Balaban J connectivity index is 0.000000298. The highest BCUT2D eigenvalue weighted by molar-refractivity contribution is 6.30. The molecule has 0 radical (unpaired) electrons. The zero-order valence-corrected chi connectivity index (χ0v) is 21.9. The van der Waals surface area contributed by atoms with E-state index >= 15 is 0 Å². The summed E-state index contributed by atoms with van der Waals surface area (Å²) in [7, 11) is 1.32. The molecule has 0 spiro atoms. The van der Waals surface area contributed by atoms with Crippen molar-refractivity contribution in [1.29, 1.82) is 0 Å². The Hall–Kier alpha value is -3.83. The van der Waals surface area contributed by atoms with Crippen LogP contribution in [0, 0.1) is 11.6 Å². The molecule has 2 aliphatic rings. The number of rotatable bonds is 5. The molecule has 0 bridgehead atoms. The lowest BCUT2D eigenvalue weighted by Gasteiger charge is -2.25. The van der Waals surface area contributed by atoms with Crippen LogP contribution in [0.4, 0.5) is 14.5 Å². The number of aromatic nitrogens is 2. The number of anilines is 1. The van der Waals surface area contributed by atoms with E-state index in [1.54, 1.807) is 24.3 Å². The first kappa shape index (κ1) is 28.2. The average molecular weight is 561 g/mol. The predicted octanol–water partition coefficient (Wildman–Crippen LogP) is 3.84. The fourth-order valence-corrected chi connectivity index (χ4v) is 4.77. The van der Waals surface area contributed by atoms with Gasteiger partial charge in [-0.1, -0.05) is 11.6 Å². The second-order valence-corrected chi connectivity index (χ2v) is 9.55. The SMILES string of the molecule is COc1cc(F)c(C2CC(=O)N(c3cncn(C4CCOCC4)c3=O)C2)c(F)c1.NC(=O)c1ccc(Cl)cc1. The van der Waals surface area contributed by atoms with E-state index < -0.39 is 23.5 Å². The number of halogens is 3. The van der Waals surface area contributed by atoms with Crippen molar-refractivity contribution in [2.75, 3.05) is 31.8 Å². The van der Waals surface area contributed by atoms with Crippen LogP contribution < -0.4 is 20.9 Å². The van der Waals surface area contributed by atoms with Crippen molar-refractivity contribution >= 4 is 29.1 Å². The Labute approximate surface area is 228 Å². The van der Waals surface area contributed by atoms with Gasteiger partial charge in [0.25, 0.3) is 5.56 Å². The summed E-state index contributed by atoms with van der Waals surface area (Å²) in [6, 6.07) is 8.56. The van der Waals surface area contributed by atoms with Crippen LogP contribution >= 0.6 is 11.6 Å². The zero-order valence-electron chi connectivity index (χ0n) is 21.1. The number of methoxy groups -OCH3 is 1. The van der Waals surface area contributed by atoms with E-state index in [1.165, 1.54) is 29.1 Å². The van der Waals surface area contributed by atoms with Gasteiger partial charge in [0.05, 0.1) is 19.6 Å². The third kappa shape index (κ3) is 6.43. The Morgan fingerprint density at radius 3 is 2.36 bits per heavy atom. The fourth-order valence-electron chi connectivity index (χ4n) is 4.64. The third-order valence-electron chi connectivity index (χ3n) is 6.67. The first-order chi connectivity index (χ1) is 18.7. The number of amides is 2. The van der Waals surface area contributed by atoms with Crippen LogP contribution in [0.2, 0.25) is 5.02 Å². The molecule has 2 amide bonds. The van der Waals surface area contributed by atoms with Crippen molar-refractivity contribution in [3.63, 3.8) is 0 Å². The summed E-state index contributed by atoms with van der Waals surface area (Å²) in [6.45, 7) is 1.12. The minimum Gasteiger partial charge on any atom is -0.497 e. The quantitative estimate of drug-likeness (QED) is 0.507. The van der Waals surface area contributed by atoms with Crippen molar-refractivity contribution in [1.82, 2.24) is 9.55 Å². The lowest BCUT2D eigenvalue weighted by molar-refractivity contribution is -0.117. The smallest absolute Gasteiger partial charge is 0.277 e.